The van der Waals surface area contributed by atoms with E-state index in [1.165, 1.54) is 5.56 Å². The Morgan fingerprint density at radius 2 is 1.84 bits per heavy atom. The van der Waals surface area contributed by atoms with Crippen LogP contribution < -0.4 is 32.8 Å². The maximum absolute atomic E-state index is 5.23. The average Bonchev–Trinajstić information content (AvgIpc) is 2.85. The number of aromatic nitrogens is 2. The lowest BCUT2D eigenvalue weighted by atomic mass is 10.1. The zero-order valence-corrected chi connectivity index (χ0v) is 17.2. The molecule has 6 nitrogen and oxygen atoms in total. The molecule has 0 radical (unpaired) electrons. The predicted octanol–water partition coefficient (Wildman–Crippen LogP) is -1.07. The molecule has 0 aliphatic rings. The lowest BCUT2D eigenvalue weighted by Crippen LogP contribution is -3.00. The number of benzene rings is 1. The first-order valence-corrected chi connectivity index (χ1v) is 7.24. The molecule has 1 aromatic carbocycles. The van der Waals surface area contributed by atoms with Gasteiger partial charge in [-0.2, -0.15) is 5.10 Å². The summed E-state index contributed by atoms with van der Waals surface area (Å²) < 4.78 is 4.30. The zero-order chi connectivity index (χ0) is 16.4. The van der Waals surface area contributed by atoms with Crippen molar-refractivity contribution in [2.24, 2.45) is 28.7 Å². The van der Waals surface area contributed by atoms with E-state index in [-0.39, 0.29) is 39.9 Å². The highest BCUT2D eigenvalue weighted by molar-refractivity contribution is 8.93. The lowest BCUT2D eigenvalue weighted by molar-refractivity contribution is -0.510. The molecule has 0 unspecified atom stereocenters. The van der Waals surface area contributed by atoms with Crippen LogP contribution in [0.4, 0.5) is 0 Å². The van der Waals surface area contributed by atoms with E-state index in [9.17, 15) is 0 Å². The molecule has 0 fully saturated rings. The Kier molecular flexibility index (Phi) is 7.32. The molecule has 132 valence electrons. The fourth-order valence-electron chi connectivity index (χ4n) is 2.49. The Hall–Kier alpha value is -2.19. The number of nitrogens with zero attached hydrogens (tertiary/aromatic N) is 4. The number of pyridine rings is 1. The average molecular weight is 468 g/mol. The normalized spacial score (nSPS) is 10.3. The smallest absolute Gasteiger partial charge is 0.286 e. The summed E-state index contributed by atoms with van der Waals surface area (Å²) in [5, 5.41) is 7.40. The first-order valence-electron chi connectivity index (χ1n) is 7.24. The van der Waals surface area contributed by atoms with Crippen LogP contribution in [0.2, 0.25) is 0 Å². The van der Waals surface area contributed by atoms with E-state index in [1.54, 1.807) is 6.21 Å². The zero-order valence-electron chi connectivity index (χ0n) is 13.9. The van der Waals surface area contributed by atoms with Crippen LogP contribution in [0.25, 0.3) is 16.9 Å². The third kappa shape index (κ3) is 4.67. The number of hydrogen-bond acceptors (Lipinski definition) is 2. The fraction of sp³-hybridized carbons (Fsp3) is 0.118. The molecule has 25 heavy (non-hydrogen) atoms. The molecule has 3 aromatic rings. The predicted molar refractivity (Wildman–Crippen MR) is 102 cm³/mol. The molecule has 8 heteroatoms. The van der Waals surface area contributed by atoms with Crippen molar-refractivity contribution in [3.63, 3.8) is 0 Å². The van der Waals surface area contributed by atoms with Gasteiger partial charge in [0, 0.05) is 11.6 Å². The molecular formula is C17H20Br2N6. The first kappa shape index (κ1) is 20.9. The minimum Gasteiger partial charge on any atom is -1.00 e. The summed E-state index contributed by atoms with van der Waals surface area (Å²) in [5.41, 5.74) is 16.1. The molecule has 0 aliphatic carbocycles. The van der Waals surface area contributed by atoms with Gasteiger partial charge < -0.3 is 28.4 Å². The van der Waals surface area contributed by atoms with Crippen LogP contribution in [0.5, 0.6) is 0 Å². The van der Waals surface area contributed by atoms with Crippen LogP contribution in [0.15, 0.2) is 59.0 Å². The number of fused-ring (bicyclic) bond motifs is 1. The molecular weight excluding hydrogens is 448 g/mol. The van der Waals surface area contributed by atoms with Gasteiger partial charge in [-0.15, -0.1) is 22.1 Å². The largest absolute Gasteiger partial charge is 1.00 e. The SMILES string of the molecule is Br.Cc1cc[n+]2cc(-c3ccc(/C=N/N=C(N)N)cc3)n(C)c2c1.[Br-]. The Bertz CT molecular complexity index is 909. The van der Waals surface area contributed by atoms with E-state index in [1.807, 2.05) is 12.1 Å². The number of nitrogens with two attached hydrogens (primary N) is 2. The Labute approximate surface area is 167 Å². The molecule has 2 aromatic heterocycles. The van der Waals surface area contributed by atoms with E-state index in [2.05, 4.69) is 69.8 Å². The second-order valence-electron chi connectivity index (χ2n) is 5.43. The number of guanidine groups is 1. The fourth-order valence-corrected chi connectivity index (χ4v) is 2.49. The molecule has 4 N–H and O–H groups in total. The van der Waals surface area contributed by atoms with E-state index in [4.69, 9.17) is 11.5 Å². The minimum absolute atomic E-state index is 0. The molecule has 0 aliphatic heterocycles. The van der Waals surface area contributed by atoms with Gasteiger partial charge in [-0.05, 0) is 36.2 Å². The third-order valence-corrected chi connectivity index (χ3v) is 3.67. The van der Waals surface area contributed by atoms with Gasteiger partial charge in [-0.1, -0.05) is 12.1 Å². The van der Waals surface area contributed by atoms with Crippen molar-refractivity contribution in [2.75, 3.05) is 0 Å². The summed E-state index contributed by atoms with van der Waals surface area (Å²) >= 11 is 0. The molecule has 0 saturated carbocycles. The Morgan fingerprint density at radius 3 is 2.48 bits per heavy atom. The summed E-state index contributed by atoms with van der Waals surface area (Å²) in [6.07, 6.45) is 5.81. The highest BCUT2D eigenvalue weighted by atomic mass is 79.9. The van der Waals surface area contributed by atoms with Gasteiger partial charge in [-0.25, -0.2) is 8.97 Å². The lowest BCUT2D eigenvalue weighted by Gasteiger charge is -1.98. The van der Waals surface area contributed by atoms with Crippen molar-refractivity contribution in [1.82, 2.24) is 4.57 Å². The maximum atomic E-state index is 5.23. The Morgan fingerprint density at radius 1 is 1.16 bits per heavy atom. The van der Waals surface area contributed by atoms with Crippen molar-refractivity contribution >= 4 is 34.8 Å². The number of imidazole rings is 1. The minimum atomic E-state index is -0.0549. The van der Waals surface area contributed by atoms with E-state index >= 15 is 0 Å². The number of rotatable bonds is 3. The molecule has 0 amide bonds. The molecule has 0 atom stereocenters. The van der Waals surface area contributed by atoms with Crippen molar-refractivity contribution in [2.45, 2.75) is 6.92 Å². The number of aryl methyl sites for hydroxylation is 2. The second kappa shape index (κ2) is 8.77. The van der Waals surface area contributed by atoms with Gasteiger partial charge >= 0.3 is 0 Å². The van der Waals surface area contributed by atoms with E-state index in [0.29, 0.717) is 0 Å². The summed E-state index contributed by atoms with van der Waals surface area (Å²) in [6, 6.07) is 12.3. The van der Waals surface area contributed by atoms with E-state index < -0.39 is 0 Å². The maximum Gasteiger partial charge on any atom is 0.286 e. The van der Waals surface area contributed by atoms with Crippen molar-refractivity contribution in [3.8, 4) is 11.3 Å². The van der Waals surface area contributed by atoms with Crippen molar-refractivity contribution in [1.29, 1.82) is 0 Å². The molecule has 3 rings (SSSR count). The monoisotopic (exact) mass is 466 g/mol. The second-order valence-corrected chi connectivity index (χ2v) is 5.43. The van der Waals surface area contributed by atoms with Gasteiger partial charge in [-0.3, -0.25) is 0 Å². The number of halogens is 2. The number of hydrogen-bond donors (Lipinski definition) is 2. The molecule has 2 heterocycles. The highest BCUT2D eigenvalue weighted by Crippen LogP contribution is 2.20. The van der Waals surface area contributed by atoms with Crippen LogP contribution in [0.3, 0.4) is 0 Å². The molecule has 0 spiro atoms. The van der Waals surface area contributed by atoms with Gasteiger partial charge in [0.1, 0.15) is 6.20 Å². The summed E-state index contributed by atoms with van der Waals surface area (Å²) in [7, 11) is 2.07. The first-order chi connectivity index (χ1) is 11.0. The van der Waals surface area contributed by atoms with Crippen molar-refractivity contribution < 1.29 is 21.4 Å². The van der Waals surface area contributed by atoms with Crippen LogP contribution in [0, 0.1) is 6.92 Å². The molecule has 0 saturated heterocycles. The van der Waals surface area contributed by atoms with Gasteiger partial charge in [0.25, 0.3) is 5.65 Å². The van der Waals surface area contributed by atoms with Crippen LogP contribution >= 0.6 is 17.0 Å². The van der Waals surface area contributed by atoms with Crippen molar-refractivity contribution in [3.05, 3.63) is 59.9 Å². The molecule has 0 bridgehead atoms. The van der Waals surface area contributed by atoms with Crippen LogP contribution in [-0.2, 0) is 7.05 Å². The summed E-state index contributed by atoms with van der Waals surface area (Å²) in [6.45, 7) is 2.09. The van der Waals surface area contributed by atoms with E-state index in [0.717, 1.165) is 22.5 Å². The van der Waals surface area contributed by atoms with Crippen LogP contribution in [0.1, 0.15) is 11.1 Å². The Balaban J connectivity index is 0.00000156. The standard InChI is InChI=1S/C17H19N6.2BrH/c1-12-7-8-23-11-15(22(2)16(23)9-12)14-5-3-13(4-6-14)10-20-21-17(18)19;;/h3-11H,1-2H3,(H4,18,19,21);2*1H/q+1;;/p-1/b20-10+;;. The summed E-state index contributed by atoms with van der Waals surface area (Å²) in [5.74, 6) is -0.0549. The van der Waals surface area contributed by atoms with Crippen LogP contribution in [-0.4, -0.2) is 16.7 Å². The topological polar surface area (TPSA) is 85.8 Å². The third-order valence-electron chi connectivity index (χ3n) is 3.67. The highest BCUT2D eigenvalue weighted by Gasteiger charge is 2.15. The quantitative estimate of drug-likeness (QED) is 0.222. The van der Waals surface area contributed by atoms with Gasteiger partial charge in [0.15, 0.2) is 5.69 Å². The summed E-state index contributed by atoms with van der Waals surface area (Å²) in [4.78, 5) is 0. The van der Waals surface area contributed by atoms with Gasteiger partial charge in [0.05, 0.1) is 19.5 Å². The van der Waals surface area contributed by atoms with Gasteiger partial charge in [0.2, 0.25) is 5.96 Å².